The fraction of sp³-hybridized carbons (Fsp3) is 0.263. The highest BCUT2D eigenvalue weighted by Crippen LogP contribution is 2.22. The first kappa shape index (κ1) is 15.9. The number of thiazole rings is 1. The third-order valence-electron chi connectivity index (χ3n) is 4.36. The van der Waals surface area contributed by atoms with Crippen LogP contribution in [-0.4, -0.2) is 24.5 Å². The third kappa shape index (κ3) is 3.05. The second kappa shape index (κ2) is 6.37. The number of aromatic nitrogens is 5. The smallest absolute Gasteiger partial charge is 0.143 e. The van der Waals surface area contributed by atoms with Crippen LogP contribution in [0.2, 0.25) is 0 Å². The van der Waals surface area contributed by atoms with Crippen LogP contribution in [0.3, 0.4) is 0 Å². The van der Waals surface area contributed by atoms with E-state index in [2.05, 4.69) is 39.7 Å². The average molecular weight is 349 g/mol. The Bertz CT molecular complexity index is 1030. The zero-order valence-corrected chi connectivity index (χ0v) is 15.3. The van der Waals surface area contributed by atoms with Crippen LogP contribution in [0.4, 0.5) is 0 Å². The Morgan fingerprint density at radius 1 is 1.08 bits per heavy atom. The lowest BCUT2D eigenvalue weighted by atomic mass is 10.1. The second-order valence-electron chi connectivity index (χ2n) is 6.19. The van der Waals surface area contributed by atoms with Gasteiger partial charge in [0.15, 0.2) is 0 Å². The summed E-state index contributed by atoms with van der Waals surface area (Å²) in [5, 5.41) is 4.06. The van der Waals surface area contributed by atoms with Crippen molar-refractivity contribution < 1.29 is 0 Å². The number of para-hydroxylation sites is 1. The van der Waals surface area contributed by atoms with Crippen molar-refractivity contribution in [2.24, 2.45) is 7.05 Å². The monoisotopic (exact) mass is 349 g/mol. The van der Waals surface area contributed by atoms with Crippen molar-refractivity contribution >= 4 is 22.2 Å². The molecule has 3 heterocycles. The van der Waals surface area contributed by atoms with Gasteiger partial charge < -0.3 is 4.57 Å². The molecular weight excluding hydrogens is 330 g/mol. The fourth-order valence-electron chi connectivity index (χ4n) is 3.03. The Morgan fingerprint density at radius 2 is 1.96 bits per heavy atom. The molecule has 4 rings (SSSR count). The molecule has 0 saturated heterocycles. The van der Waals surface area contributed by atoms with Gasteiger partial charge in [-0.1, -0.05) is 18.2 Å². The fourth-order valence-corrected chi connectivity index (χ4v) is 3.62. The van der Waals surface area contributed by atoms with Gasteiger partial charge in [-0.15, -0.1) is 11.3 Å². The molecular formula is C19H19N5S. The Hall–Kier alpha value is -2.60. The van der Waals surface area contributed by atoms with Gasteiger partial charge in [0.05, 0.1) is 5.52 Å². The standard InChI is InChI=1S/C19H19N5S/c1-12-5-4-6-14-13(2)21-16(23-18(12)14)7-8-17-22-15(11-24(17)3)19-20-9-10-25-19/h4-6,9-11H,7-8H2,1-3H3. The molecule has 5 nitrogen and oxygen atoms in total. The number of benzene rings is 1. The van der Waals surface area contributed by atoms with Crippen molar-refractivity contribution in [1.29, 1.82) is 0 Å². The molecule has 0 spiro atoms. The van der Waals surface area contributed by atoms with Crippen LogP contribution in [0.15, 0.2) is 36.0 Å². The molecule has 0 saturated carbocycles. The summed E-state index contributed by atoms with van der Waals surface area (Å²) in [6.45, 7) is 4.14. The first-order valence-electron chi connectivity index (χ1n) is 8.27. The summed E-state index contributed by atoms with van der Waals surface area (Å²) in [6, 6.07) is 6.24. The van der Waals surface area contributed by atoms with Gasteiger partial charge in [0.2, 0.25) is 0 Å². The Labute approximate surface area is 150 Å². The molecule has 126 valence electrons. The van der Waals surface area contributed by atoms with Crippen LogP contribution in [-0.2, 0) is 19.9 Å². The summed E-state index contributed by atoms with van der Waals surface area (Å²) in [6.07, 6.45) is 5.42. The molecule has 6 heteroatoms. The maximum Gasteiger partial charge on any atom is 0.143 e. The highest BCUT2D eigenvalue weighted by molar-refractivity contribution is 7.13. The van der Waals surface area contributed by atoms with E-state index < -0.39 is 0 Å². The van der Waals surface area contributed by atoms with Gasteiger partial charge >= 0.3 is 0 Å². The molecule has 1 aromatic carbocycles. The summed E-state index contributed by atoms with van der Waals surface area (Å²) in [5.74, 6) is 1.90. The lowest BCUT2D eigenvalue weighted by molar-refractivity contribution is 0.748. The van der Waals surface area contributed by atoms with Gasteiger partial charge in [0.25, 0.3) is 0 Å². The first-order chi connectivity index (χ1) is 12.1. The van der Waals surface area contributed by atoms with Crippen molar-refractivity contribution in [3.63, 3.8) is 0 Å². The molecule has 4 aromatic rings. The zero-order chi connectivity index (χ0) is 17.4. The van der Waals surface area contributed by atoms with Gasteiger partial charge in [0, 0.05) is 48.7 Å². The van der Waals surface area contributed by atoms with Gasteiger partial charge in [-0.05, 0) is 19.4 Å². The van der Waals surface area contributed by atoms with Crippen molar-refractivity contribution in [3.8, 4) is 10.7 Å². The van der Waals surface area contributed by atoms with Gasteiger partial charge in [-0.2, -0.15) is 0 Å². The van der Waals surface area contributed by atoms with E-state index in [9.17, 15) is 0 Å². The van der Waals surface area contributed by atoms with Crippen molar-refractivity contribution in [2.75, 3.05) is 0 Å². The number of fused-ring (bicyclic) bond motifs is 1. The van der Waals surface area contributed by atoms with Gasteiger partial charge in [-0.25, -0.2) is 19.9 Å². The van der Waals surface area contributed by atoms with E-state index in [4.69, 9.17) is 9.97 Å². The van der Waals surface area contributed by atoms with E-state index in [1.54, 1.807) is 11.3 Å². The summed E-state index contributed by atoms with van der Waals surface area (Å²) in [7, 11) is 2.02. The summed E-state index contributed by atoms with van der Waals surface area (Å²) >= 11 is 1.61. The van der Waals surface area contributed by atoms with Crippen LogP contribution in [0.1, 0.15) is 22.9 Å². The normalized spacial score (nSPS) is 11.3. The number of imidazole rings is 1. The first-order valence-corrected chi connectivity index (χ1v) is 9.15. The zero-order valence-electron chi connectivity index (χ0n) is 14.5. The van der Waals surface area contributed by atoms with E-state index in [1.807, 2.05) is 31.7 Å². The molecule has 0 aliphatic rings. The molecule has 0 N–H and O–H groups in total. The van der Waals surface area contributed by atoms with E-state index in [0.29, 0.717) is 0 Å². The molecule has 25 heavy (non-hydrogen) atoms. The Balaban J connectivity index is 1.60. The number of aryl methyl sites for hydroxylation is 5. The van der Waals surface area contributed by atoms with Crippen LogP contribution >= 0.6 is 11.3 Å². The van der Waals surface area contributed by atoms with Crippen LogP contribution in [0.25, 0.3) is 21.6 Å². The molecule has 0 atom stereocenters. The molecule has 0 amide bonds. The summed E-state index contributed by atoms with van der Waals surface area (Å²) in [4.78, 5) is 18.5. The summed E-state index contributed by atoms with van der Waals surface area (Å²) < 4.78 is 2.07. The molecule has 0 bridgehead atoms. The van der Waals surface area contributed by atoms with E-state index in [-0.39, 0.29) is 0 Å². The van der Waals surface area contributed by atoms with Crippen LogP contribution in [0, 0.1) is 13.8 Å². The predicted octanol–water partition coefficient (Wildman–Crippen LogP) is 3.89. The molecule has 0 fully saturated rings. The van der Waals surface area contributed by atoms with Crippen LogP contribution < -0.4 is 0 Å². The van der Waals surface area contributed by atoms with E-state index in [0.717, 1.165) is 51.8 Å². The van der Waals surface area contributed by atoms with Crippen molar-refractivity contribution in [1.82, 2.24) is 24.5 Å². The SMILES string of the molecule is Cc1nc(CCc2nc(-c3nccs3)cn2C)nc2c(C)cccc12. The molecule has 0 radical (unpaired) electrons. The topological polar surface area (TPSA) is 56.5 Å². The number of rotatable bonds is 4. The number of hydrogen-bond donors (Lipinski definition) is 0. The van der Waals surface area contributed by atoms with Gasteiger partial charge in [0.1, 0.15) is 22.4 Å². The minimum atomic E-state index is 0.771. The second-order valence-corrected chi connectivity index (χ2v) is 7.08. The number of hydrogen-bond acceptors (Lipinski definition) is 5. The minimum absolute atomic E-state index is 0.771. The quantitative estimate of drug-likeness (QED) is 0.561. The Kier molecular flexibility index (Phi) is 4.05. The molecule has 0 aliphatic carbocycles. The lowest BCUT2D eigenvalue weighted by Crippen LogP contribution is -2.05. The largest absolute Gasteiger partial charge is 0.337 e. The molecule has 3 aromatic heterocycles. The van der Waals surface area contributed by atoms with Crippen molar-refractivity contribution in [2.45, 2.75) is 26.7 Å². The maximum absolute atomic E-state index is 4.78. The van der Waals surface area contributed by atoms with E-state index in [1.165, 1.54) is 5.56 Å². The maximum atomic E-state index is 4.78. The molecule has 0 aliphatic heterocycles. The highest BCUT2D eigenvalue weighted by atomic mass is 32.1. The lowest BCUT2D eigenvalue weighted by Gasteiger charge is -2.07. The van der Waals surface area contributed by atoms with Crippen molar-refractivity contribution in [3.05, 3.63) is 58.9 Å². The van der Waals surface area contributed by atoms with E-state index >= 15 is 0 Å². The van der Waals surface area contributed by atoms with Crippen LogP contribution in [0.5, 0.6) is 0 Å². The highest BCUT2D eigenvalue weighted by Gasteiger charge is 2.11. The number of nitrogens with zero attached hydrogens (tertiary/aromatic N) is 5. The van der Waals surface area contributed by atoms with Gasteiger partial charge in [-0.3, -0.25) is 0 Å². The average Bonchev–Trinajstić information content (AvgIpc) is 3.24. The predicted molar refractivity (Wildman–Crippen MR) is 101 cm³/mol. The summed E-state index contributed by atoms with van der Waals surface area (Å²) in [5.41, 5.74) is 4.20. The minimum Gasteiger partial charge on any atom is -0.337 e. The molecule has 0 unspecified atom stereocenters. The third-order valence-corrected chi connectivity index (χ3v) is 5.16. The Morgan fingerprint density at radius 3 is 2.76 bits per heavy atom.